The Labute approximate surface area is 127 Å². The van der Waals surface area contributed by atoms with Crippen LogP contribution in [0.2, 0.25) is 0 Å². The van der Waals surface area contributed by atoms with Crippen molar-refractivity contribution in [2.75, 3.05) is 6.61 Å². The molecule has 0 amide bonds. The van der Waals surface area contributed by atoms with Crippen molar-refractivity contribution < 1.29 is 19.2 Å². The van der Waals surface area contributed by atoms with Crippen molar-refractivity contribution in [1.82, 2.24) is 0 Å². The SMILES string of the molecule is CCC(=O)C(Cc1ccc([N+](=O)[O-])cc1)C(=O)OCCC#N. The molecule has 1 atom stereocenters. The van der Waals surface area contributed by atoms with E-state index in [0.717, 1.165) is 0 Å². The van der Waals surface area contributed by atoms with Gasteiger partial charge in [0.1, 0.15) is 18.3 Å². The van der Waals surface area contributed by atoms with Crippen LogP contribution in [0, 0.1) is 27.4 Å². The first-order valence-electron chi connectivity index (χ1n) is 6.79. The third kappa shape index (κ3) is 4.98. The Morgan fingerprint density at radius 3 is 2.50 bits per heavy atom. The molecule has 7 nitrogen and oxygen atoms in total. The molecule has 0 aliphatic heterocycles. The monoisotopic (exact) mass is 304 g/mol. The fourth-order valence-electron chi connectivity index (χ4n) is 1.86. The average molecular weight is 304 g/mol. The van der Waals surface area contributed by atoms with E-state index in [2.05, 4.69) is 0 Å². The molecule has 1 aromatic carbocycles. The summed E-state index contributed by atoms with van der Waals surface area (Å²) >= 11 is 0. The molecule has 0 heterocycles. The van der Waals surface area contributed by atoms with Gasteiger partial charge in [-0.25, -0.2) is 0 Å². The van der Waals surface area contributed by atoms with E-state index in [-0.39, 0.29) is 37.3 Å². The van der Waals surface area contributed by atoms with Crippen molar-refractivity contribution in [3.63, 3.8) is 0 Å². The van der Waals surface area contributed by atoms with Crippen molar-refractivity contribution in [3.05, 3.63) is 39.9 Å². The number of rotatable bonds is 8. The molecular formula is C15H16N2O5. The Bertz CT molecular complexity index is 589. The lowest BCUT2D eigenvalue weighted by Gasteiger charge is -2.14. The van der Waals surface area contributed by atoms with E-state index in [1.807, 2.05) is 6.07 Å². The zero-order valence-corrected chi connectivity index (χ0v) is 12.2. The molecule has 0 saturated carbocycles. The van der Waals surface area contributed by atoms with Gasteiger partial charge in [-0.3, -0.25) is 19.7 Å². The standard InChI is InChI=1S/C15H16N2O5/c1-2-14(18)13(15(19)22-9-3-8-16)10-11-4-6-12(7-5-11)17(20)21/h4-7,13H,2-3,9-10H2,1H3. The van der Waals surface area contributed by atoms with Crippen molar-refractivity contribution in [2.24, 2.45) is 5.92 Å². The van der Waals surface area contributed by atoms with Crippen LogP contribution in [-0.4, -0.2) is 23.3 Å². The molecule has 0 radical (unpaired) electrons. The highest BCUT2D eigenvalue weighted by molar-refractivity contribution is 5.99. The van der Waals surface area contributed by atoms with Gasteiger partial charge in [-0.15, -0.1) is 0 Å². The quantitative estimate of drug-likeness (QED) is 0.239. The Morgan fingerprint density at radius 2 is 2.00 bits per heavy atom. The van der Waals surface area contributed by atoms with Crippen molar-refractivity contribution in [2.45, 2.75) is 26.2 Å². The summed E-state index contributed by atoms with van der Waals surface area (Å²) in [5.41, 5.74) is 0.577. The second-order valence-electron chi connectivity index (χ2n) is 4.58. The highest BCUT2D eigenvalue weighted by Crippen LogP contribution is 2.17. The largest absolute Gasteiger partial charge is 0.464 e. The molecule has 7 heteroatoms. The Balaban J connectivity index is 2.80. The minimum Gasteiger partial charge on any atom is -0.464 e. The summed E-state index contributed by atoms with van der Waals surface area (Å²) in [7, 11) is 0. The Hall–Kier alpha value is -2.75. The highest BCUT2D eigenvalue weighted by Gasteiger charge is 2.27. The molecule has 0 aromatic heterocycles. The number of esters is 1. The number of nitrogens with zero attached hydrogens (tertiary/aromatic N) is 2. The molecule has 22 heavy (non-hydrogen) atoms. The number of hydrogen-bond acceptors (Lipinski definition) is 6. The number of nitro benzene ring substituents is 1. The van der Waals surface area contributed by atoms with Gasteiger partial charge in [0.05, 0.1) is 17.4 Å². The molecule has 0 aliphatic carbocycles. The number of carbonyl (C=O) groups is 2. The Morgan fingerprint density at radius 1 is 1.36 bits per heavy atom. The normalized spacial score (nSPS) is 11.3. The summed E-state index contributed by atoms with van der Waals surface area (Å²) in [6, 6.07) is 7.51. The van der Waals surface area contributed by atoms with Crippen molar-refractivity contribution in [1.29, 1.82) is 5.26 Å². The predicted octanol–water partition coefficient (Wildman–Crippen LogP) is 2.19. The van der Waals surface area contributed by atoms with Crippen molar-refractivity contribution in [3.8, 4) is 6.07 Å². The topological polar surface area (TPSA) is 110 Å². The van der Waals surface area contributed by atoms with Crippen LogP contribution in [0.4, 0.5) is 5.69 Å². The molecule has 116 valence electrons. The fourth-order valence-corrected chi connectivity index (χ4v) is 1.86. The number of nitro groups is 1. The molecule has 1 rings (SSSR count). The van der Waals surface area contributed by atoms with Gasteiger partial charge in [0.2, 0.25) is 0 Å². The molecule has 0 N–H and O–H groups in total. The number of ketones is 1. The molecule has 1 aromatic rings. The van der Waals surface area contributed by atoms with E-state index < -0.39 is 16.8 Å². The fraction of sp³-hybridized carbons (Fsp3) is 0.400. The molecule has 0 aliphatic rings. The molecule has 1 unspecified atom stereocenters. The summed E-state index contributed by atoms with van der Waals surface area (Å²) in [6.07, 6.45) is 0.372. The van der Waals surface area contributed by atoms with Crippen LogP contribution in [0.15, 0.2) is 24.3 Å². The molecule has 0 bridgehead atoms. The van der Waals surface area contributed by atoms with Crippen LogP contribution in [0.3, 0.4) is 0 Å². The predicted molar refractivity (Wildman–Crippen MR) is 76.8 cm³/mol. The minimum absolute atomic E-state index is 0.0525. The van der Waals surface area contributed by atoms with Crippen LogP contribution in [0.1, 0.15) is 25.3 Å². The van der Waals surface area contributed by atoms with E-state index >= 15 is 0 Å². The van der Waals surface area contributed by atoms with E-state index in [4.69, 9.17) is 10.00 Å². The molecule has 0 fully saturated rings. The van der Waals surface area contributed by atoms with E-state index in [0.29, 0.717) is 5.56 Å². The summed E-state index contributed by atoms with van der Waals surface area (Å²) in [6.45, 7) is 1.59. The maximum absolute atomic E-state index is 11.9. The van der Waals surface area contributed by atoms with Crippen LogP contribution < -0.4 is 0 Å². The zero-order valence-electron chi connectivity index (χ0n) is 12.2. The van der Waals surface area contributed by atoms with E-state index in [1.54, 1.807) is 6.92 Å². The van der Waals surface area contributed by atoms with Crippen LogP contribution in [0.25, 0.3) is 0 Å². The summed E-state index contributed by atoms with van der Waals surface area (Å²) in [5.74, 6) is -1.88. The van der Waals surface area contributed by atoms with Gasteiger partial charge >= 0.3 is 5.97 Å². The van der Waals surface area contributed by atoms with E-state index in [9.17, 15) is 19.7 Å². The molecule has 0 saturated heterocycles. The van der Waals surface area contributed by atoms with Crippen molar-refractivity contribution >= 4 is 17.4 Å². The number of ether oxygens (including phenoxy) is 1. The first-order chi connectivity index (χ1) is 10.5. The highest BCUT2D eigenvalue weighted by atomic mass is 16.6. The third-order valence-electron chi connectivity index (χ3n) is 3.07. The number of non-ortho nitro benzene ring substituents is 1. The number of hydrogen-bond donors (Lipinski definition) is 0. The van der Waals surface area contributed by atoms with Crippen LogP contribution >= 0.6 is 0 Å². The first kappa shape index (κ1) is 17.3. The summed E-state index contributed by atoms with van der Waals surface area (Å²) in [4.78, 5) is 33.9. The zero-order chi connectivity index (χ0) is 16.5. The summed E-state index contributed by atoms with van der Waals surface area (Å²) < 4.78 is 4.91. The van der Waals surface area contributed by atoms with Gasteiger partial charge < -0.3 is 4.74 Å². The van der Waals surface area contributed by atoms with Crippen LogP contribution in [-0.2, 0) is 20.7 Å². The number of benzene rings is 1. The lowest BCUT2D eigenvalue weighted by molar-refractivity contribution is -0.384. The minimum atomic E-state index is -0.954. The van der Waals surface area contributed by atoms with Gasteiger partial charge in [-0.05, 0) is 12.0 Å². The second kappa shape index (κ2) is 8.52. The summed E-state index contributed by atoms with van der Waals surface area (Å²) in [5, 5.41) is 19.0. The number of carbonyl (C=O) groups excluding carboxylic acids is 2. The van der Waals surface area contributed by atoms with Gasteiger partial charge in [0.15, 0.2) is 0 Å². The third-order valence-corrected chi connectivity index (χ3v) is 3.07. The van der Waals surface area contributed by atoms with Gasteiger partial charge in [-0.2, -0.15) is 5.26 Å². The van der Waals surface area contributed by atoms with Crippen LogP contribution in [0.5, 0.6) is 0 Å². The van der Waals surface area contributed by atoms with Gasteiger partial charge in [0.25, 0.3) is 5.69 Å². The van der Waals surface area contributed by atoms with Gasteiger partial charge in [0, 0.05) is 18.6 Å². The maximum Gasteiger partial charge on any atom is 0.316 e. The van der Waals surface area contributed by atoms with E-state index in [1.165, 1.54) is 24.3 Å². The maximum atomic E-state index is 11.9. The number of nitriles is 1. The molecule has 0 spiro atoms. The molecular weight excluding hydrogens is 288 g/mol. The lowest BCUT2D eigenvalue weighted by Crippen LogP contribution is -2.28. The number of Topliss-reactive ketones (excluding diaryl/α,β-unsaturated/α-hetero) is 1. The first-order valence-corrected chi connectivity index (χ1v) is 6.79. The smallest absolute Gasteiger partial charge is 0.316 e. The second-order valence-corrected chi connectivity index (χ2v) is 4.58. The van der Waals surface area contributed by atoms with Gasteiger partial charge in [-0.1, -0.05) is 19.1 Å². The average Bonchev–Trinajstić information content (AvgIpc) is 2.52. The Kier molecular flexibility index (Phi) is 6.70. The lowest BCUT2D eigenvalue weighted by atomic mass is 9.94.